The number of nitrogens with zero attached hydrogens (tertiary/aromatic N) is 1. The van der Waals surface area contributed by atoms with Crippen molar-refractivity contribution < 1.29 is 5.48 Å². The Morgan fingerprint density at radius 1 is 1.60 bits per heavy atom. The molecule has 0 aliphatic rings. The average Bonchev–Trinajstić information content (AvgIpc) is 2.54. The Morgan fingerprint density at radius 3 is 3.40 bits per heavy atom. The van der Waals surface area contributed by atoms with Crippen molar-refractivity contribution in [3.05, 3.63) is 28.9 Å². The van der Waals surface area contributed by atoms with Gasteiger partial charge < -0.3 is 4.98 Å². The molecule has 50 valence electrons. The van der Waals surface area contributed by atoms with Crippen LogP contribution in [0.5, 0.6) is 0 Å². The van der Waals surface area contributed by atoms with Crippen LogP contribution in [0.1, 0.15) is 5.48 Å². The molecule has 1 heterocycles. The summed E-state index contributed by atoms with van der Waals surface area (Å²) in [6.45, 7) is 0. The molecule has 2 aromatic rings. The van der Waals surface area contributed by atoms with Crippen molar-refractivity contribution in [2.75, 3.05) is 0 Å². The molecule has 3 heteroatoms. The van der Waals surface area contributed by atoms with Crippen LogP contribution in [0.4, 0.5) is 0 Å². The van der Waals surface area contributed by atoms with Crippen molar-refractivity contribution in [1.82, 2.24) is 9.97 Å². The largest absolute Gasteiger partial charge is 0.345 e. The summed E-state index contributed by atoms with van der Waals surface area (Å²) in [6, 6.07) is -0.346. The van der Waals surface area contributed by atoms with E-state index in [1.54, 1.807) is 0 Å². The lowest BCUT2D eigenvalue weighted by Crippen LogP contribution is -1.68. The van der Waals surface area contributed by atoms with Gasteiger partial charge in [-0.05, 0) is 28.0 Å². The molecule has 0 saturated heterocycles. The van der Waals surface area contributed by atoms with E-state index in [1.807, 2.05) is 0 Å². The molecule has 10 heavy (non-hydrogen) atoms. The minimum atomic E-state index is -0.173. The average molecular weight is 201 g/mol. The molecule has 2 rings (SSSR count). The molecule has 0 atom stereocenters. The van der Waals surface area contributed by atoms with Gasteiger partial charge in [0.15, 0.2) is 0 Å². The molecule has 0 unspecified atom stereocenters. The predicted octanol–water partition coefficient (Wildman–Crippen LogP) is 2.33. The zero-order valence-electron chi connectivity index (χ0n) is 8.83. The van der Waals surface area contributed by atoms with Gasteiger partial charge in [0.05, 0.1) is 15.9 Å². The zero-order chi connectivity index (χ0) is 10.5. The quantitative estimate of drug-likeness (QED) is 0.696. The third kappa shape index (κ3) is 0.743. The summed E-state index contributed by atoms with van der Waals surface area (Å²) < 4.78 is 30.1. The Bertz CT molecular complexity index is 477. The Labute approximate surface area is 72.0 Å². The first-order valence-electron chi connectivity index (χ1n) is 4.64. The minimum Gasteiger partial charge on any atom is -0.345 e. The van der Waals surface area contributed by atoms with Crippen molar-refractivity contribution in [1.29, 1.82) is 0 Å². The van der Waals surface area contributed by atoms with Gasteiger partial charge >= 0.3 is 0 Å². The molecule has 1 aromatic heterocycles. The number of rotatable bonds is 0. The first-order chi connectivity index (χ1) is 6.52. The fourth-order valence-electron chi connectivity index (χ4n) is 0.712. The molecular weight excluding hydrogens is 192 g/mol. The molecule has 0 aliphatic heterocycles. The van der Waals surface area contributed by atoms with E-state index in [-0.39, 0.29) is 24.4 Å². The molecule has 0 fully saturated rings. The van der Waals surface area contributed by atoms with Gasteiger partial charge in [-0.15, -0.1) is 0 Å². The number of imidazole rings is 1. The van der Waals surface area contributed by atoms with Gasteiger partial charge in [-0.3, -0.25) is 0 Å². The fourth-order valence-corrected chi connectivity index (χ4v) is 1.10. The second-order valence-corrected chi connectivity index (χ2v) is 2.55. The number of para-hydroxylation sites is 1. The van der Waals surface area contributed by atoms with Crippen LogP contribution in [0.25, 0.3) is 11.0 Å². The van der Waals surface area contributed by atoms with Gasteiger partial charge in [-0.1, -0.05) is 6.04 Å². The molecule has 0 bridgehead atoms. The molecule has 0 aliphatic carbocycles. The third-order valence-corrected chi connectivity index (χ3v) is 1.73. The van der Waals surface area contributed by atoms with E-state index in [0.717, 1.165) is 0 Å². The van der Waals surface area contributed by atoms with Crippen LogP contribution in [0, 0.1) is 0 Å². The van der Waals surface area contributed by atoms with Gasteiger partial charge in [0.2, 0.25) is 0 Å². The van der Waals surface area contributed by atoms with Crippen LogP contribution < -0.4 is 0 Å². The predicted molar refractivity (Wildman–Crippen MR) is 43.8 cm³/mol. The molecule has 0 amide bonds. The summed E-state index contributed by atoms with van der Waals surface area (Å²) in [6.07, 6.45) is -0.0702. The number of benzene rings is 1. The van der Waals surface area contributed by atoms with Gasteiger partial charge in [-0.2, -0.15) is 0 Å². The van der Waals surface area contributed by atoms with Crippen LogP contribution in [0.2, 0.25) is 0 Å². The second-order valence-electron chi connectivity index (χ2n) is 1.76. The number of fused-ring (bicyclic) bond motifs is 1. The van der Waals surface area contributed by atoms with E-state index in [9.17, 15) is 0 Å². The number of hydrogen-bond donors (Lipinski definition) is 1. The Balaban J connectivity index is 3.01. The third-order valence-electron chi connectivity index (χ3n) is 1.15. The van der Waals surface area contributed by atoms with Crippen molar-refractivity contribution >= 4 is 27.0 Å². The van der Waals surface area contributed by atoms with Crippen LogP contribution in [-0.4, -0.2) is 9.97 Å². The number of halogens is 1. The van der Waals surface area contributed by atoms with Gasteiger partial charge in [0.1, 0.15) is 6.89 Å². The van der Waals surface area contributed by atoms with E-state index in [4.69, 9.17) is 5.48 Å². The summed E-state index contributed by atoms with van der Waals surface area (Å²) in [5.74, 6) is 0. The minimum absolute atomic E-state index is 0.0702. The fraction of sp³-hybridized carbons (Fsp3) is 0. The van der Waals surface area contributed by atoms with E-state index < -0.39 is 0 Å². The maximum atomic E-state index is 7.56. The molecule has 0 radical (unpaired) electrons. The molecule has 1 N–H and O–H groups in total. The Kier molecular flexibility index (Phi) is 0.638. The topological polar surface area (TPSA) is 28.7 Å². The molecule has 2 nitrogen and oxygen atoms in total. The molecule has 0 saturated carbocycles. The maximum absolute atomic E-state index is 7.56. The highest BCUT2D eigenvalue weighted by atomic mass is 79.9. The number of aromatic nitrogens is 2. The summed E-state index contributed by atoms with van der Waals surface area (Å²) in [5.41, 5.74) is 0.684. The summed E-state index contributed by atoms with van der Waals surface area (Å²) >= 11 is 3.12. The van der Waals surface area contributed by atoms with Crippen LogP contribution in [0.15, 0.2) is 28.9 Å². The molecule has 1 aromatic carbocycles. The standard InChI is InChI=1S/C7H5BrN2/c8-5-2-1-3-6-7(5)10-4-9-6/h1-4H,(H,9,10)/i1D,2D,3D,4D. The van der Waals surface area contributed by atoms with Crippen molar-refractivity contribution in [3.63, 3.8) is 0 Å². The van der Waals surface area contributed by atoms with E-state index in [2.05, 4.69) is 25.9 Å². The zero-order valence-corrected chi connectivity index (χ0v) is 6.41. The first kappa shape index (κ1) is 3.05. The lowest BCUT2D eigenvalue weighted by molar-refractivity contribution is 1.34. The van der Waals surface area contributed by atoms with E-state index >= 15 is 0 Å². The lowest BCUT2D eigenvalue weighted by atomic mass is 10.3. The monoisotopic (exact) mass is 200 g/mol. The number of nitrogens with one attached hydrogen (secondary N) is 1. The number of H-pyrrole nitrogens is 1. The Morgan fingerprint density at radius 2 is 2.50 bits per heavy atom. The van der Waals surface area contributed by atoms with E-state index in [1.165, 1.54) is 0 Å². The lowest BCUT2D eigenvalue weighted by Gasteiger charge is -1.88. The highest BCUT2D eigenvalue weighted by Crippen LogP contribution is 2.19. The van der Waals surface area contributed by atoms with Crippen molar-refractivity contribution in [2.24, 2.45) is 0 Å². The highest BCUT2D eigenvalue weighted by Gasteiger charge is 1.96. The maximum Gasteiger partial charge on any atom is 0.104 e. The number of aromatic amines is 1. The highest BCUT2D eigenvalue weighted by molar-refractivity contribution is 9.10. The second kappa shape index (κ2) is 2.09. The molecular formula is C7H5BrN2. The summed E-state index contributed by atoms with van der Waals surface area (Å²) in [4.78, 5) is 6.39. The summed E-state index contributed by atoms with van der Waals surface area (Å²) in [7, 11) is 0. The normalized spacial score (nSPS) is 16.1. The first-order valence-corrected chi connectivity index (χ1v) is 3.43. The van der Waals surface area contributed by atoms with Gasteiger partial charge in [0.25, 0.3) is 0 Å². The molecule has 0 spiro atoms. The Hall–Kier alpha value is -0.830. The van der Waals surface area contributed by atoms with Crippen LogP contribution >= 0.6 is 15.9 Å². The van der Waals surface area contributed by atoms with Gasteiger partial charge in [0, 0.05) is 4.47 Å². The van der Waals surface area contributed by atoms with Crippen LogP contribution in [-0.2, 0) is 0 Å². The van der Waals surface area contributed by atoms with Gasteiger partial charge in [-0.25, -0.2) is 4.98 Å². The smallest absolute Gasteiger partial charge is 0.104 e. The van der Waals surface area contributed by atoms with Crippen molar-refractivity contribution in [3.8, 4) is 0 Å². The summed E-state index contributed by atoms with van der Waals surface area (Å²) in [5, 5.41) is 0. The van der Waals surface area contributed by atoms with E-state index in [0.29, 0.717) is 15.5 Å². The van der Waals surface area contributed by atoms with Crippen molar-refractivity contribution in [2.45, 2.75) is 0 Å². The van der Waals surface area contributed by atoms with Crippen LogP contribution in [0.3, 0.4) is 0 Å². The SMILES string of the molecule is [2H]c1nc2c(Br)c([2H])c([2H])c([2H])c2[nH]1. The number of hydrogen-bond acceptors (Lipinski definition) is 1.